The van der Waals surface area contributed by atoms with E-state index in [1.165, 1.54) is 4.21 Å². The number of H-pyrrole nitrogens is 1. The lowest BCUT2D eigenvalue weighted by Gasteiger charge is -2.21. The fourth-order valence-corrected chi connectivity index (χ4v) is 6.28. The first-order valence-corrected chi connectivity index (χ1v) is 13.3. The summed E-state index contributed by atoms with van der Waals surface area (Å²) < 4.78 is 7.38. The number of hydrogen-bond acceptors (Lipinski definition) is 6. The Bertz CT molecular complexity index is 1410. The van der Waals surface area contributed by atoms with E-state index < -0.39 is 0 Å². The van der Waals surface area contributed by atoms with Crippen LogP contribution in [0.2, 0.25) is 0 Å². The molecular formula is C26H24N4O2S2. The number of hydrogen-bond donors (Lipinski definition) is 1. The van der Waals surface area contributed by atoms with Crippen LogP contribution in [-0.4, -0.2) is 47.0 Å². The van der Waals surface area contributed by atoms with Gasteiger partial charge in [0.1, 0.15) is 5.58 Å². The molecule has 4 heterocycles. The Morgan fingerprint density at radius 2 is 1.91 bits per heavy atom. The van der Waals surface area contributed by atoms with Crippen LogP contribution in [0.5, 0.6) is 0 Å². The minimum Gasteiger partial charge on any atom is -0.451 e. The number of rotatable bonds is 5. The van der Waals surface area contributed by atoms with E-state index in [4.69, 9.17) is 9.40 Å². The van der Waals surface area contributed by atoms with Crippen LogP contribution in [0.25, 0.3) is 22.0 Å². The molecule has 1 N–H and O–H groups in total. The van der Waals surface area contributed by atoms with Gasteiger partial charge in [0.15, 0.2) is 5.76 Å². The topological polar surface area (TPSA) is 65.4 Å². The molecule has 0 unspecified atom stereocenters. The SMILES string of the molecule is O=C(c1oc2ccccc2c1CSc1cccs1)N1CCCN(c2nc3ccccc3[nH]2)CC1. The number of nitrogens with zero attached hydrogens (tertiary/aromatic N) is 3. The summed E-state index contributed by atoms with van der Waals surface area (Å²) in [6, 6.07) is 20.2. The lowest BCUT2D eigenvalue weighted by molar-refractivity contribution is 0.0736. The predicted octanol–water partition coefficient (Wildman–Crippen LogP) is 6.02. The van der Waals surface area contributed by atoms with Gasteiger partial charge in [0.25, 0.3) is 5.91 Å². The maximum atomic E-state index is 13.7. The van der Waals surface area contributed by atoms with E-state index in [1.807, 2.05) is 53.4 Å². The summed E-state index contributed by atoms with van der Waals surface area (Å²) in [6.07, 6.45) is 0.877. The average Bonchev–Trinajstić information content (AvgIpc) is 3.57. The standard InChI is InChI=1S/C26H24N4O2S2/c31-25(24-19(17-34-23-11-5-16-33-23)18-7-1-4-10-22(18)32-24)29-12-6-13-30(15-14-29)26-27-20-8-2-3-9-21(20)28-26/h1-5,7-11,16H,6,12-15,17H2,(H,27,28). The van der Waals surface area contributed by atoms with Crippen LogP contribution < -0.4 is 4.90 Å². The summed E-state index contributed by atoms with van der Waals surface area (Å²) >= 11 is 3.47. The van der Waals surface area contributed by atoms with Gasteiger partial charge < -0.3 is 19.2 Å². The van der Waals surface area contributed by atoms with Gasteiger partial charge in [-0.1, -0.05) is 36.4 Å². The summed E-state index contributed by atoms with van der Waals surface area (Å²) in [5, 5.41) is 3.10. The van der Waals surface area contributed by atoms with Crippen molar-refractivity contribution in [2.75, 3.05) is 31.1 Å². The number of amides is 1. The lowest BCUT2D eigenvalue weighted by Crippen LogP contribution is -2.35. The highest BCUT2D eigenvalue weighted by molar-refractivity contribution is 8.00. The van der Waals surface area contributed by atoms with Crippen molar-refractivity contribution >= 4 is 57.0 Å². The molecule has 0 radical (unpaired) electrons. The van der Waals surface area contributed by atoms with Crippen molar-refractivity contribution in [3.63, 3.8) is 0 Å². The number of fused-ring (bicyclic) bond motifs is 2. The Balaban J connectivity index is 1.23. The third-order valence-corrected chi connectivity index (χ3v) is 8.36. The molecule has 5 aromatic rings. The Morgan fingerprint density at radius 1 is 1.03 bits per heavy atom. The number of carbonyl (C=O) groups is 1. The molecule has 1 aliphatic heterocycles. The van der Waals surface area contributed by atoms with Gasteiger partial charge in [-0.2, -0.15) is 0 Å². The largest absolute Gasteiger partial charge is 0.451 e. The summed E-state index contributed by atoms with van der Waals surface area (Å²) in [5.41, 5.74) is 3.75. The maximum absolute atomic E-state index is 13.7. The number of aromatic nitrogens is 2. The molecule has 1 saturated heterocycles. The van der Waals surface area contributed by atoms with Crippen molar-refractivity contribution in [3.05, 3.63) is 77.4 Å². The van der Waals surface area contributed by atoms with Gasteiger partial charge in [0.2, 0.25) is 5.95 Å². The molecule has 0 saturated carbocycles. The van der Waals surface area contributed by atoms with E-state index in [1.54, 1.807) is 23.1 Å². The number of carbonyl (C=O) groups excluding carboxylic acids is 1. The Morgan fingerprint density at radius 3 is 2.79 bits per heavy atom. The summed E-state index contributed by atoms with van der Waals surface area (Å²) in [4.78, 5) is 26.0. The van der Waals surface area contributed by atoms with Crippen LogP contribution in [0.4, 0.5) is 5.95 Å². The van der Waals surface area contributed by atoms with Gasteiger partial charge in [-0.25, -0.2) is 4.98 Å². The third kappa shape index (κ3) is 4.08. The highest BCUT2D eigenvalue weighted by atomic mass is 32.2. The number of nitrogens with one attached hydrogen (secondary N) is 1. The Hall–Kier alpha value is -3.23. The first-order valence-electron chi connectivity index (χ1n) is 11.4. The summed E-state index contributed by atoms with van der Waals surface area (Å²) in [7, 11) is 0. The molecule has 34 heavy (non-hydrogen) atoms. The summed E-state index contributed by atoms with van der Waals surface area (Å²) in [5.74, 6) is 2.02. The van der Waals surface area contributed by atoms with Gasteiger partial charge in [-0.3, -0.25) is 4.79 Å². The molecule has 1 amide bonds. The Labute approximate surface area is 205 Å². The van der Waals surface area contributed by atoms with Gasteiger partial charge in [0.05, 0.1) is 15.2 Å². The minimum atomic E-state index is -0.0237. The van der Waals surface area contributed by atoms with Crippen LogP contribution in [0, 0.1) is 0 Å². The number of anilines is 1. The zero-order valence-corrected chi connectivity index (χ0v) is 20.2. The van der Waals surface area contributed by atoms with Crippen molar-refractivity contribution in [2.45, 2.75) is 16.4 Å². The molecule has 6 nitrogen and oxygen atoms in total. The number of aromatic amines is 1. The number of imidazole rings is 1. The quantitative estimate of drug-likeness (QED) is 0.307. The smallest absolute Gasteiger partial charge is 0.289 e. The first kappa shape index (κ1) is 21.3. The fourth-order valence-electron chi connectivity index (χ4n) is 4.47. The molecule has 1 aliphatic rings. The molecule has 1 fully saturated rings. The first-order chi connectivity index (χ1) is 16.8. The summed E-state index contributed by atoms with van der Waals surface area (Å²) in [6.45, 7) is 2.91. The van der Waals surface area contributed by atoms with Gasteiger partial charge >= 0.3 is 0 Å². The minimum absolute atomic E-state index is 0.0237. The molecule has 3 aromatic heterocycles. The van der Waals surface area contributed by atoms with E-state index in [0.29, 0.717) is 24.6 Å². The van der Waals surface area contributed by atoms with Crippen molar-refractivity contribution in [3.8, 4) is 0 Å². The van der Waals surface area contributed by atoms with Crippen LogP contribution >= 0.6 is 23.1 Å². The predicted molar refractivity (Wildman–Crippen MR) is 139 cm³/mol. The van der Waals surface area contributed by atoms with Crippen molar-refractivity contribution in [2.24, 2.45) is 0 Å². The molecule has 0 spiro atoms. The van der Waals surface area contributed by atoms with E-state index in [2.05, 4.69) is 27.4 Å². The maximum Gasteiger partial charge on any atom is 0.289 e. The van der Waals surface area contributed by atoms with Gasteiger partial charge in [-0.05, 0) is 36.1 Å². The lowest BCUT2D eigenvalue weighted by atomic mass is 10.1. The fraction of sp³-hybridized carbons (Fsp3) is 0.231. The number of para-hydroxylation sites is 3. The second-order valence-corrected chi connectivity index (χ2v) is 10.6. The molecule has 172 valence electrons. The van der Waals surface area contributed by atoms with Crippen molar-refractivity contribution in [1.82, 2.24) is 14.9 Å². The third-order valence-electron chi connectivity index (χ3n) is 6.21. The van der Waals surface area contributed by atoms with Crippen molar-refractivity contribution < 1.29 is 9.21 Å². The zero-order chi connectivity index (χ0) is 22.9. The average molecular weight is 489 g/mol. The molecule has 2 aromatic carbocycles. The number of thiophene rings is 1. The highest BCUT2D eigenvalue weighted by Crippen LogP contribution is 2.34. The van der Waals surface area contributed by atoms with Crippen LogP contribution in [0.1, 0.15) is 22.5 Å². The monoisotopic (exact) mass is 488 g/mol. The van der Waals surface area contributed by atoms with E-state index in [-0.39, 0.29) is 5.91 Å². The second kappa shape index (κ2) is 9.19. The van der Waals surface area contributed by atoms with Crippen LogP contribution in [-0.2, 0) is 5.75 Å². The highest BCUT2D eigenvalue weighted by Gasteiger charge is 2.27. The zero-order valence-electron chi connectivity index (χ0n) is 18.6. The molecule has 0 atom stereocenters. The van der Waals surface area contributed by atoms with E-state index in [0.717, 1.165) is 53.0 Å². The molecule has 0 aliphatic carbocycles. The van der Waals surface area contributed by atoms with Crippen LogP contribution in [0.15, 0.2) is 74.7 Å². The van der Waals surface area contributed by atoms with Gasteiger partial charge in [0, 0.05) is 42.9 Å². The molecular weight excluding hydrogens is 464 g/mol. The van der Waals surface area contributed by atoms with Crippen molar-refractivity contribution in [1.29, 1.82) is 0 Å². The van der Waals surface area contributed by atoms with Crippen LogP contribution in [0.3, 0.4) is 0 Å². The van der Waals surface area contributed by atoms with Gasteiger partial charge in [-0.15, -0.1) is 23.1 Å². The molecule has 0 bridgehead atoms. The normalized spacial score (nSPS) is 14.7. The molecule has 8 heteroatoms. The van der Waals surface area contributed by atoms with E-state index in [9.17, 15) is 4.79 Å². The Kier molecular flexibility index (Phi) is 5.76. The number of thioether (sulfide) groups is 1. The van der Waals surface area contributed by atoms with E-state index >= 15 is 0 Å². The second-order valence-electron chi connectivity index (χ2n) is 8.34. The number of furan rings is 1. The number of benzene rings is 2. The molecule has 6 rings (SSSR count).